The van der Waals surface area contributed by atoms with Crippen LogP contribution in [0.1, 0.15) is 82.1 Å². The zero-order chi connectivity index (χ0) is 28.4. The lowest BCUT2D eigenvalue weighted by Gasteiger charge is -2.40. The molecule has 216 valence electrons. The Hall–Kier alpha value is -3.50. The summed E-state index contributed by atoms with van der Waals surface area (Å²) >= 11 is 0. The molecule has 10 nitrogen and oxygen atoms in total. The molecule has 2 aromatic rings. The summed E-state index contributed by atoms with van der Waals surface area (Å²) in [6.07, 6.45) is 8.12. The van der Waals surface area contributed by atoms with Crippen molar-refractivity contribution in [3.63, 3.8) is 0 Å². The van der Waals surface area contributed by atoms with Crippen LogP contribution in [0.3, 0.4) is 0 Å². The van der Waals surface area contributed by atoms with Gasteiger partial charge in [0.05, 0.1) is 19.0 Å². The summed E-state index contributed by atoms with van der Waals surface area (Å²) < 4.78 is 19.5. The third-order valence-electron chi connectivity index (χ3n) is 8.91. The van der Waals surface area contributed by atoms with E-state index in [1.807, 2.05) is 23.6 Å². The maximum absolute atomic E-state index is 14.4. The second kappa shape index (κ2) is 11.5. The molecule has 1 unspecified atom stereocenters. The fourth-order valence-corrected chi connectivity index (χ4v) is 6.49. The number of piperidine rings is 1. The average Bonchev–Trinajstić information content (AvgIpc) is 3.55. The molecular weight excluding hydrogens is 515 g/mol. The normalized spacial score (nSPS) is 23.5. The van der Waals surface area contributed by atoms with E-state index >= 15 is 0 Å². The van der Waals surface area contributed by atoms with Gasteiger partial charge in [-0.3, -0.25) is 19.5 Å². The number of amides is 3. The average molecular weight is 555 g/mol. The number of hydrogen-bond acceptors (Lipinski definition) is 6. The van der Waals surface area contributed by atoms with E-state index in [1.54, 1.807) is 6.07 Å². The van der Waals surface area contributed by atoms with Crippen molar-refractivity contribution in [2.75, 3.05) is 20.2 Å². The van der Waals surface area contributed by atoms with Crippen LogP contribution in [0.2, 0.25) is 0 Å². The van der Waals surface area contributed by atoms with Crippen LogP contribution in [0.25, 0.3) is 11.3 Å². The number of methoxy groups -OCH3 is 1. The largest absolute Gasteiger partial charge is 0.481 e. The molecular formula is C29H39FN6O4. The number of rotatable bonds is 8. The molecule has 1 aliphatic heterocycles. The van der Waals surface area contributed by atoms with Gasteiger partial charge in [0.25, 0.3) is 5.91 Å². The van der Waals surface area contributed by atoms with E-state index in [0.29, 0.717) is 37.2 Å². The van der Waals surface area contributed by atoms with Gasteiger partial charge in [-0.05, 0) is 64.4 Å². The maximum atomic E-state index is 14.4. The van der Waals surface area contributed by atoms with Crippen molar-refractivity contribution in [3.8, 4) is 17.1 Å². The maximum Gasteiger partial charge on any atom is 0.272 e. The molecule has 3 aliphatic rings. The van der Waals surface area contributed by atoms with Crippen molar-refractivity contribution in [3.05, 3.63) is 29.8 Å². The topological polar surface area (TPSA) is 121 Å². The highest BCUT2D eigenvalue weighted by atomic mass is 19.1. The molecule has 0 radical (unpaired) electrons. The van der Waals surface area contributed by atoms with Crippen molar-refractivity contribution in [2.45, 2.75) is 89.3 Å². The molecule has 3 heterocycles. The molecule has 40 heavy (non-hydrogen) atoms. The van der Waals surface area contributed by atoms with Crippen LogP contribution in [0, 0.1) is 11.7 Å². The SMILES string of the molecule is CCC(=O)N(CC)C1CCC(NC(=O)C2CCN(C(=O)c3cc(-c4cc(OC)ncc4F)n[nH]3)C3(CC3)C2)CC1. The lowest BCUT2D eigenvalue weighted by molar-refractivity contribution is -0.134. The van der Waals surface area contributed by atoms with Gasteiger partial charge in [0, 0.05) is 54.7 Å². The fourth-order valence-electron chi connectivity index (χ4n) is 6.49. The molecule has 11 heteroatoms. The van der Waals surface area contributed by atoms with Crippen molar-refractivity contribution in [2.24, 2.45) is 5.92 Å². The molecule has 3 fully saturated rings. The molecule has 5 rings (SSSR count). The van der Waals surface area contributed by atoms with Gasteiger partial charge >= 0.3 is 0 Å². The number of nitrogens with zero attached hydrogens (tertiary/aromatic N) is 4. The summed E-state index contributed by atoms with van der Waals surface area (Å²) in [7, 11) is 1.45. The second-order valence-corrected chi connectivity index (χ2v) is 11.3. The van der Waals surface area contributed by atoms with Gasteiger partial charge in [0.15, 0.2) is 5.82 Å². The first-order chi connectivity index (χ1) is 19.3. The number of likely N-dealkylation sites (tertiary alicyclic amines) is 1. The van der Waals surface area contributed by atoms with Crippen LogP contribution in [0.4, 0.5) is 4.39 Å². The lowest BCUT2D eigenvalue weighted by atomic mass is 9.86. The van der Waals surface area contributed by atoms with Crippen molar-refractivity contribution < 1.29 is 23.5 Å². The van der Waals surface area contributed by atoms with Gasteiger partial charge in [-0.2, -0.15) is 5.10 Å². The summed E-state index contributed by atoms with van der Waals surface area (Å²) in [5.41, 5.74) is 0.482. The monoisotopic (exact) mass is 554 g/mol. The third kappa shape index (κ3) is 5.55. The first-order valence-corrected chi connectivity index (χ1v) is 14.5. The second-order valence-electron chi connectivity index (χ2n) is 11.3. The van der Waals surface area contributed by atoms with Crippen molar-refractivity contribution in [1.29, 1.82) is 0 Å². The Morgan fingerprint density at radius 3 is 2.58 bits per heavy atom. The van der Waals surface area contributed by atoms with E-state index in [2.05, 4.69) is 20.5 Å². The highest BCUT2D eigenvalue weighted by molar-refractivity contribution is 5.94. The molecule has 1 spiro atoms. The molecule has 2 N–H and O–H groups in total. The van der Waals surface area contributed by atoms with E-state index < -0.39 is 5.82 Å². The number of pyridine rings is 1. The van der Waals surface area contributed by atoms with Crippen molar-refractivity contribution in [1.82, 2.24) is 30.3 Å². The molecule has 1 atom stereocenters. The van der Waals surface area contributed by atoms with Gasteiger partial charge in [-0.1, -0.05) is 6.92 Å². The van der Waals surface area contributed by atoms with E-state index in [9.17, 15) is 18.8 Å². The Morgan fingerprint density at radius 2 is 1.93 bits per heavy atom. The van der Waals surface area contributed by atoms with Gasteiger partial charge in [-0.25, -0.2) is 9.37 Å². The van der Waals surface area contributed by atoms with Gasteiger partial charge < -0.3 is 19.9 Å². The molecule has 2 aliphatic carbocycles. The van der Waals surface area contributed by atoms with Crippen LogP contribution in [0.5, 0.6) is 5.88 Å². The molecule has 0 bridgehead atoms. The third-order valence-corrected chi connectivity index (χ3v) is 8.91. The predicted molar refractivity (Wildman–Crippen MR) is 146 cm³/mol. The molecule has 1 saturated heterocycles. The first-order valence-electron chi connectivity index (χ1n) is 14.5. The van der Waals surface area contributed by atoms with E-state index in [1.165, 1.54) is 13.2 Å². The van der Waals surface area contributed by atoms with Gasteiger partial charge in [0.2, 0.25) is 17.7 Å². The summed E-state index contributed by atoms with van der Waals surface area (Å²) in [5.74, 6) is -0.341. The molecule has 2 saturated carbocycles. The smallest absolute Gasteiger partial charge is 0.272 e. The first kappa shape index (κ1) is 28.0. The van der Waals surface area contributed by atoms with Gasteiger partial charge in [-0.15, -0.1) is 0 Å². The minimum Gasteiger partial charge on any atom is -0.481 e. The highest BCUT2D eigenvalue weighted by Crippen LogP contribution is 2.50. The number of aromatic amines is 1. The van der Waals surface area contributed by atoms with E-state index in [-0.39, 0.29) is 52.7 Å². The number of hydrogen-bond donors (Lipinski definition) is 2. The van der Waals surface area contributed by atoms with Gasteiger partial charge in [0.1, 0.15) is 5.69 Å². The van der Waals surface area contributed by atoms with Crippen LogP contribution in [-0.4, -0.2) is 80.5 Å². The van der Waals surface area contributed by atoms with Crippen LogP contribution < -0.4 is 10.1 Å². The van der Waals surface area contributed by atoms with Crippen LogP contribution >= 0.6 is 0 Å². The Morgan fingerprint density at radius 1 is 1.18 bits per heavy atom. The number of halogens is 1. The zero-order valence-electron chi connectivity index (χ0n) is 23.5. The highest BCUT2D eigenvalue weighted by Gasteiger charge is 2.54. The number of nitrogens with one attached hydrogen (secondary N) is 2. The minimum absolute atomic E-state index is 0.0738. The molecule has 2 aromatic heterocycles. The van der Waals surface area contributed by atoms with E-state index in [0.717, 1.165) is 51.3 Å². The predicted octanol–water partition coefficient (Wildman–Crippen LogP) is 3.69. The number of ether oxygens (including phenoxy) is 1. The van der Waals surface area contributed by atoms with Crippen LogP contribution in [-0.2, 0) is 9.59 Å². The van der Waals surface area contributed by atoms with Crippen molar-refractivity contribution >= 4 is 17.7 Å². The Labute approximate surface area is 234 Å². The summed E-state index contributed by atoms with van der Waals surface area (Å²) in [4.78, 5) is 46.7. The number of aromatic nitrogens is 3. The quantitative estimate of drug-likeness (QED) is 0.514. The Bertz CT molecular complexity index is 1250. The fraction of sp³-hybridized carbons (Fsp3) is 0.621. The molecule has 3 amide bonds. The standard InChI is InChI=1S/C29H39FN6O4/c1-4-26(37)35(5-2)20-8-6-19(7-9-20)32-27(38)18-10-13-36(29(16-18)11-12-29)28(39)24-15-23(33-34-24)21-14-25(40-3)31-17-22(21)30/h14-15,17-20H,4-13,16H2,1-3H3,(H,32,38)(H,33,34). The lowest BCUT2D eigenvalue weighted by Crippen LogP contribution is -2.52. The zero-order valence-corrected chi connectivity index (χ0v) is 23.5. The molecule has 0 aromatic carbocycles. The van der Waals surface area contributed by atoms with Crippen LogP contribution in [0.15, 0.2) is 18.3 Å². The Balaban J connectivity index is 1.17. The minimum atomic E-state index is -0.553. The van der Waals surface area contributed by atoms with E-state index in [4.69, 9.17) is 4.74 Å². The number of carbonyl (C=O) groups excluding carboxylic acids is 3. The Kier molecular flexibility index (Phi) is 8.09. The summed E-state index contributed by atoms with van der Waals surface area (Å²) in [6.45, 7) is 5.13. The summed E-state index contributed by atoms with van der Waals surface area (Å²) in [6, 6.07) is 3.39. The number of carbonyl (C=O) groups is 3. The number of H-pyrrole nitrogens is 1. The summed E-state index contributed by atoms with van der Waals surface area (Å²) in [5, 5.41) is 10.2.